The van der Waals surface area contributed by atoms with E-state index in [-0.39, 0.29) is 6.42 Å². The summed E-state index contributed by atoms with van der Waals surface area (Å²) in [5.41, 5.74) is 4.84. The molecule has 1 N–H and O–H groups in total. The van der Waals surface area contributed by atoms with Gasteiger partial charge in [-0.2, -0.15) is 0 Å². The largest absolute Gasteiger partial charge is 0.481 e. The highest BCUT2D eigenvalue weighted by atomic mass is 16.4. The van der Waals surface area contributed by atoms with E-state index in [2.05, 4.69) is 9.97 Å². The van der Waals surface area contributed by atoms with Crippen LogP contribution < -0.4 is 0 Å². The third-order valence-corrected chi connectivity index (χ3v) is 3.84. The molecule has 4 nitrogen and oxygen atoms in total. The van der Waals surface area contributed by atoms with E-state index in [1.54, 1.807) is 12.4 Å². The summed E-state index contributed by atoms with van der Waals surface area (Å²) in [4.78, 5) is 19.8. The van der Waals surface area contributed by atoms with Gasteiger partial charge in [0.25, 0.3) is 0 Å². The molecule has 0 aliphatic carbocycles. The number of benzene rings is 1. The van der Waals surface area contributed by atoms with Crippen LogP contribution in [0.5, 0.6) is 0 Å². The standard InChI is InChI=1S/C20H18N2O2/c23-18(24)11-6-9-16-12-14-22-20(17-10-4-5-13-21-17)19(16)15-7-2-1-3-8-15/h1-5,7-8,10,12-14H,6,9,11H2,(H,23,24). The molecule has 0 amide bonds. The monoisotopic (exact) mass is 318 g/mol. The van der Waals surface area contributed by atoms with Crippen LogP contribution in [0.4, 0.5) is 0 Å². The molecule has 0 saturated heterocycles. The van der Waals surface area contributed by atoms with Crippen LogP contribution in [0.3, 0.4) is 0 Å². The summed E-state index contributed by atoms with van der Waals surface area (Å²) in [7, 11) is 0. The third kappa shape index (κ3) is 3.66. The number of nitrogens with zero attached hydrogens (tertiary/aromatic N) is 2. The maximum Gasteiger partial charge on any atom is 0.303 e. The number of rotatable bonds is 6. The van der Waals surface area contributed by atoms with Crippen LogP contribution in [0.25, 0.3) is 22.5 Å². The Kier molecular flexibility index (Phi) is 4.96. The molecule has 1 aromatic carbocycles. The molecule has 0 spiro atoms. The second kappa shape index (κ2) is 7.51. The van der Waals surface area contributed by atoms with Crippen LogP contribution in [0.15, 0.2) is 67.0 Å². The molecule has 2 aromatic heterocycles. The maximum atomic E-state index is 10.8. The van der Waals surface area contributed by atoms with Gasteiger partial charge in [0.05, 0.1) is 11.4 Å². The molecule has 0 radical (unpaired) electrons. The molecular weight excluding hydrogens is 300 g/mol. The highest BCUT2D eigenvalue weighted by Gasteiger charge is 2.14. The van der Waals surface area contributed by atoms with Crippen LogP contribution in [0, 0.1) is 0 Å². The maximum absolute atomic E-state index is 10.8. The van der Waals surface area contributed by atoms with Crippen LogP contribution >= 0.6 is 0 Å². The van der Waals surface area contributed by atoms with Gasteiger partial charge in [-0.15, -0.1) is 0 Å². The number of pyridine rings is 2. The quantitative estimate of drug-likeness (QED) is 0.739. The summed E-state index contributed by atoms with van der Waals surface area (Å²) in [6, 6.07) is 17.8. The Bertz CT molecular complexity index is 818. The lowest BCUT2D eigenvalue weighted by molar-refractivity contribution is -0.137. The summed E-state index contributed by atoms with van der Waals surface area (Å²) < 4.78 is 0. The summed E-state index contributed by atoms with van der Waals surface area (Å²) in [6.45, 7) is 0. The average molecular weight is 318 g/mol. The van der Waals surface area contributed by atoms with Crippen molar-refractivity contribution in [2.45, 2.75) is 19.3 Å². The van der Waals surface area contributed by atoms with Gasteiger partial charge in [-0.25, -0.2) is 0 Å². The number of carboxylic acid groups (broad SMARTS) is 1. The molecule has 0 bridgehead atoms. The van der Waals surface area contributed by atoms with Gasteiger partial charge >= 0.3 is 5.97 Å². The van der Waals surface area contributed by atoms with Gasteiger partial charge in [0.1, 0.15) is 0 Å². The number of carboxylic acids is 1. The molecule has 0 saturated carbocycles. The molecule has 3 aromatic rings. The van der Waals surface area contributed by atoms with Gasteiger partial charge in [0.2, 0.25) is 0 Å². The van der Waals surface area contributed by atoms with Crippen molar-refractivity contribution in [3.63, 3.8) is 0 Å². The molecule has 0 atom stereocenters. The fraction of sp³-hybridized carbons (Fsp3) is 0.150. The Balaban J connectivity index is 2.07. The second-order valence-electron chi connectivity index (χ2n) is 5.52. The van der Waals surface area contributed by atoms with Crippen molar-refractivity contribution in [1.82, 2.24) is 9.97 Å². The first-order valence-corrected chi connectivity index (χ1v) is 7.92. The first-order valence-electron chi connectivity index (χ1n) is 7.92. The minimum absolute atomic E-state index is 0.162. The van der Waals surface area contributed by atoms with Gasteiger partial charge < -0.3 is 5.11 Å². The molecule has 0 fully saturated rings. The molecule has 4 heteroatoms. The number of hydrogen-bond donors (Lipinski definition) is 1. The lowest BCUT2D eigenvalue weighted by atomic mass is 9.94. The van der Waals surface area contributed by atoms with E-state index in [4.69, 9.17) is 5.11 Å². The molecule has 3 rings (SSSR count). The summed E-state index contributed by atoms with van der Waals surface area (Å²) in [6.07, 6.45) is 4.98. The smallest absolute Gasteiger partial charge is 0.303 e. The SMILES string of the molecule is O=C(O)CCCc1ccnc(-c2ccccn2)c1-c1ccccc1. The molecule has 0 unspecified atom stereocenters. The van der Waals surface area contributed by atoms with Crippen molar-refractivity contribution in [3.8, 4) is 22.5 Å². The molecule has 24 heavy (non-hydrogen) atoms. The highest BCUT2D eigenvalue weighted by molar-refractivity contribution is 5.81. The molecule has 0 aliphatic heterocycles. The molecule has 0 aliphatic rings. The Morgan fingerprint density at radius 3 is 2.42 bits per heavy atom. The van der Waals surface area contributed by atoms with Gasteiger partial charge in [-0.3, -0.25) is 14.8 Å². The normalized spacial score (nSPS) is 10.5. The van der Waals surface area contributed by atoms with Gasteiger partial charge in [-0.05, 0) is 42.2 Å². The number of carbonyl (C=O) groups is 1. The number of aromatic nitrogens is 2. The zero-order valence-corrected chi connectivity index (χ0v) is 13.2. The Labute approximate surface area is 140 Å². The second-order valence-corrected chi connectivity index (χ2v) is 5.52. The predicted octanol–water partition coefficient (Wildman–Crippen LogP) is 4.22. The number of hydrogen-bond acceptors (Lipinski definition) is 3. The van der Waals surface area contributed by atoms with Crippen LogP contribution in [0.1, 0.15) is 18.4 Å². The average Bonchev–Trinajstić information content (AvgIpc) is 2.63. The Morgan fingerprint density at radius 2 is 1.71 bits per heavy atom. The minimum Gasteiger partial charge on any atom is -0.481 e. The summed E-state index contributed by atoms with van der Waals surface area (Å²) >= 11 is 0. The summed E-state index contributed by atoms with van der Waals surface area (Å²) in [5.74, 6) is -0.768. The van der Waals surface area contributed by atoms with Crippen LogP contribution in [0.2, 0.25) is 0 Å². The van der Waals surface area contributed by atoms with E-state index in [0.29, 0.717) is 12.8 Å². The molecule has 120 valence electrons. The topological polar surface area (TPSA) is 63.1 Å². The predicted molar refractivity (Wildman–Crippen MR) is 93.5 cm³/mol. The molecular formula is C20H18N2O2. The van der Waals surface area contributed by atoms with Crippen molar-refractivity contribution in [3.05, 3.63) is 72.6 Å². The number of aryl methyl sites for hydroxylation is 1. The Morgan fingerprint density at radius 1 is 0.917 bits per heavy atom. The van der Waals surface area contributed by atoms with E-state index in [0.717, 1.165) is 28.1 Å². The van der Waals surface area contributed by atoms with Gasteiger partial charge in [0.15, 0.2) is 0 Å². The van der Waals surface area contributed by atoms with Crippen molar-refractivity contribution in [2.75, 3.05) is 0 Å². The number of aliphatic carboxylic acids is 1. The van der Waals surface area contributed by atoms with Gasteiger partial charge in [-0.1, -0.05) is 36.4 Å². The van der Waals surface area contributed by atoms with E-state index < -0.39 is 5.97 Å². The minimum atomic E-state index is -0.768. The Hall–Kier alpha value is -3.01. The third-order valence-electron chi connectivity index (χ3n) is 3.84. The van der Waals surface area contributed by atoms with E-state index in [1.807, 2.05) is 54.6 Å². The van der Waals surface area contributed by atoms with Crippen molar-refractivity contribution >= 4 is 5.97 Å². The lowest BCUT2D eigenvalue weighted by Gasteiger charge is -2.14. The van der Waals surface area contributed by atoms with Crippen molar-refractivity contribution in [2.24, 2.45) is 0 Å². The van der Waals surface area contributed by atoms with Crippen LogP contribution in [-0.2, 0) is 11.2 Å². The van der Waals surface area contributed by atoms with E-state index in [9.17, 15) is 4.79 Å². The molecule has 2 heterocycles. The van der Waals surface area contributed by atoms with Crippen molar-refractivity contribution < 1.29 is 9.90 Å². The van der Waals surface area contributed by atoms with Gasteiger partial charge in [0, 0.05) is 24.4 Å². The van der Waals surface area contributed by atoms with E-state index in [1.165, 1.54) is 0 Å². The fourth-order valence-corrected chi connectivity index (χ4v) is 2.76. The fourth-order valence-electron chi connectivity index (χ4n) is 2.76. The van der Waals surface area contributed by atoms with Crippen LogP contribution in [-0.4, -0.2) is 21.0 Å². The first kappa shape index (κ1) is 15.9. The zero-order valence-electron chi connectivity index (χ0n) is 13.2. The first-order chi connectivity index (χ1) is 11.8. The van der Waals surface area contributed by atoms with E-state index >= 15 is 0 Å². The van der Waals surface area contributed by atoms with Crippen molar-refractivity contribution in [1.29, 1.82) is 0 Å². The zero-order chi connectivity index (χ0) is 16.8. The highest BCUT2D eigenvalue weighted by Crippen LogP contribution is 2.33. The summed E-state index contributed by atoms with van der Waals surface area (Å²) in [5, 5.41) is 8.89. The lowest BCUT2D eigenvalue weighted by Crippen LogP contribution is -2.00.